The van der Waals surface area contributed by atoms with E-state index >= 15 is 0 Å². The van der Waals surface area contributed by atoms with Gasteiger partial charge in [-0.15, -0.1) is 0 Å². The van der Waals surface area contributed by atoms with Crippen molar-refractivity contribution in [3.05, 3.63) is 29.3 Å². The molecule has 2 saturated heterocycles. The molecule has 0 spiro atoms. The average Bonchev–Trinajstić information content (AvgIpc) is 2.53. The summed E-state index contributed by atoms with van der Waals surface area (Å²) < 4.78 is 0. The van der Waals surface area contributed by atoms with E-state index in [0.717, 1.165) is 17.5 Å². The maximum absolute atomic E-state index is 12.0. The minimum Gasteiger partial charge on any atom is -0.481 e. The van der Waals surface area contributed by atoms with Crippen LogP contribution in [0.5, 0.6) is 0 Å². The van der Waals surface area contributed by atoms with Crippen molar-refractivity contribution in [1.29, 1.82) is 0 Å². The van der Waals surface area contributed by atoms with Crippen molar-refractivity contribution in [2.24, 2.45) is 5.92 Å². The molecule has 1 aromatic carbocycles. The van der Waals surface area contributed by atoms with Gasteiger partial charge in [0.25, 0.3) is 0 Å². The number of nitrogens with one attached hydrogen (secondary N) is 1. The molecule has 1 unspecified atom stereocenters. The molecule has 0 saturated carbocycles. The average molecular weight is 359 g/mol. The molecule has 0 radical (unpaired) electrons. The highest BCUT2D eigenvalue weighted by Gasteiger charge is 2.33. The summed E-state index contributed by atoms with van der Waals surface area (Å²) in [7, 11) is 1.78. The van der Waals surface area contributed by atoms with Crippen LogP contribution in [0.25, 0.3) is 0 Å². The van der Waals surface area contributed by atoms with Gasteiger partial charge in [-0.1, -0.05) is 0 Å². The molecule has 0 aliphatic carbocycles. The van der Waals surface area contributed by atoms with E-state index in [0.29, 0.717) is 38.0 Å². The molecule has 2 fully saturated rings. The molecular formula is C18H21N3O5. The molecule has 8 heteroatoms. The Bertz CT molecular complexity index is 757. The van der Waals surface area contributed by atoms with Crippen LogP contribution in [0.3, 0.4) is 0 Å². The number of imide groups is 1. The lowest BCUT2D eigenvalue weighted by molar-refractivity contribution is -0.142. The van der Waals surface area contributed by atoms with E-state index in [1.807, 2.05) is 15.9 Å². The number of benzene rings is 1. The Morgan fingerprint density at radius 3 is 2.73 bits per heavy atom. The molecule has 2 heterocycles. The number of amides is 2. The Morgan fingerprint density at radius 1 is 1.38 bits per heavy atom. The number of aldehydes is 1. The van der Waals surface area contributed by atoms with Crippen molar-refractivity contribution in [2.75, 3.05) is 25.0 Å². The summed E-state index contributed by atoms with van der Waals surface area (Å²) in [5.41, 5.74) is 2.16. The van der Waals surface area contributed by atoms with Gasteiger partial charge in [0.15, 0.2) is 0 Å². The topological polar surface area (TPSA) is 107 Å². The molecule has 2 amide bonds. The van der Waals surface area contributed by atoms with Crippen LogP contribution in [0.15, 0.2) is 18.2 Å². The number of aliphatic carboxylic acids is 1. The second-order valence-corrected chi connectivity index (χ2v) is 6.82. The van der Waals surface area contributed by atoms with Crippen LogP contribution in [-0.4, -0.2) is 60.3 Å². The van der Waals surface area contributed by atoms with Crippen LogP contribution in [0.2, 0.25) is 0 Å². The number of rotatable bonds is 6. The minimum absolute atomic E-state index is 0.263. The first kappa shape index (κ1) is 18.1. The van der Waals surface area contributed by atoms with Gasteiger partial charge in [-0.3, -0.25) is 29.4 Å². The maximum Gasteiger partial charge on any atom is 0.310 e. The van der Waals surface area contributed by atoms with Gasteiger partial charge in [-0.25, -0.2) is 0 Å². The van der Waals surface area contributed by atoms with Crippen LogP contribution >= 0.6 is 0 Å². The fraction of sp³-hybridized carbons (Fsp3) is 0.444. The van der Waals surface area contributed by atoms with E-state index in [9.17, 15) is 19.2 Å². The fourth-order valence-electron chi connectivity index (χ4n) is 3.37. The second-order valence-electron chi connectivity index (χ2n) is 6.82. The third-order valence-corrected chi connectivity index (χ3v) is 5.01. The SMILES string of the molecule is CN(Cc1cc(N2CC(C(=O)O)C2)ccc1C=O)C1CCC(=O)NC1=O. The number of carbonyl (C=O) groups is 4. The van der Waals surface area contributed by atoms with E-state index in [1.165, 1.54) is 0 Å². The number of carboxylic acids is 1. The van der Waals surface area contributed by atoms with E-state index in [1.54, 1.807) is 19.2 Å². The first-order valence-electron chi connectivity index (χ1n) is 8.49. The molecule has 3 rings (SSSR count). The summed E-state index contributed by atoms with van der Waals surface area (Å²) in [6.07, 6.45) is 1.52. The Balaban J connectivity index is 1.73. The molecule has 2 aliphatic rings. The predicted molar refractivity (Wildman–Crippen MR) is 92.8 cm³/mol. The van der Waals surface area contributed by atoms with Gasteiger partial charge in [0, 0.05) is 37.3 Å². The van der Waals surface area contributed by atoms with E-state index < -0.39 is 12.0 Å². The van der Waals surface area contributed by atoms with Gasteiger partial charge in [-0.05, 0) is 37.2 Å². The Kier molecular flexibility index (Phi) is 5.03. The lowest BCUT2D eigenvalue weighted by atomic mass is 9.97. The number of piperidine rings is 1. The van der Waals surface area contributed by atoms with Gasteiger partial charge in [0.2, 0.25) is 11.8 Å². The molecule has 26 heavy (non-hydrogen) atoms. The normalized spacial score (nSPS) is 20.7. The number of carbonyl (C=O) groups excluding carboxylic acids is 3. The first-order valence-corrected chi connectivity index (χ1v) is 8.49. The van der Waals surface area contributed by atoms with Crippen LogP contribution < -0.4 is 10.2 Å². The van der Waals surface area contributed by atoms with Crippen molar-refractivity contribution < 1.29 is 24.3 Å². The molecule has 0 aromatic heterocycles. The molecule has 2 N–H and O–H groups in total. The Labute approximate surface area is 150 Å². The second kappa shape index (κ2) is 7.25. The lowest BCUT2D eigenvalue weighted by Gasteiger charge is -2.39. The quantitative estimate of drug-likeness (QED) is 0.554. The van der Waals surface area contributed by atoms with Crippen molar-refractivity contribution in [3.8, 4) is 0 Å². The maximum atomic E-state index is 12.0. The van der Waals surface area contributed by atoms with Crippen molar-refractivity contribution in [1.82, 2.24) is 10.2 Å². The molecule has 2 aliphatic heterocycles. The standard InChI is InChI=1S/C18H21N3O5/c1-20(15-4-5-16(23)19-17(15)24)7-12-6-14(3-2-11(12)10-22)21-8-13(9-21)18(25)26/h2-3,6,10,13,15H,4-5,7-9H2,1H3,(H,25,26)(H,19,23,24). The van der Waals surface area contributed by atoms with Gasteiger partial charge in [0.05, 0.1) is 12.0 Å². The summed E-state index contributed by atoms with van der Waals surface area (Å²) in [5, 5.41) is 11.3. The zero-order valence-electron chi connectivity index (χ0n) is 14.5. The summed E-state index contributed by atoms with van der Waals surface area (Å²) in [6.45, 7) is 1.26. The number of hydrogen-bond donors (Lipinski definition) is 2. The van der Waals surface area contributed by atoms with Crippen LogP contribution in [-0.2, 0) is 20.9 Å². The number of carboxylic acid groups (broad SMARTS) is 1. The van der Waals surface area contributed by atoms with Gasteiger partial charge in [-0.2, -0.15) is 0 Å². The molecular weight excluding hydrogens is 338 g/mol. The van der Waals surface area contributed by atoms with Gasteiger partial charge >= 0.3 is 5.97 Å². The van der Waals surface area contributed by atoms with Crippen molar-refractivity contribution >= 4 is 29.8 Å². The predicted octanol–water partition coefficient (Wildman–Crippen LogP) is 0.257. The van der Waals surface area contributed by atoms with Crippen LogP contribution in [0.1, 0.15) is 28.8 Å². The molecule has 0 bridgehead atoms. The largest absolute Gasteiger partial charge is 0.481 e. The highest BCUT2D eigenvalue weighted by Crippen LogP contribution is 2.27. The van der Waals surface area contributed by atoms with E-state index in [-0.39, 0.29) is 17.7 Å². The molecule has 8 nitrogen and oxygen atoms in total. The van der Waals surface area contributed by atoms with Gasteiger partial charge in [0.1, 0.15) is 6.29 Å². The lowest BCUT2D eigenvalue weighted by Crippen LogP contribution is -2.51. The molecule has 1 atom stereocenters. The summed E-state index contributed by atoms with van der Waals surface area (Å²) in [5.74, 6) is -1.75. The smallest absolute Gasteiger partial charge is 0.310 e. The van der Waals surface area contributed by atoms with E-state index in [2.05, 4.69) is 5.32 Å². The number of anilines is 1. The molecule has 138 valence electrons. The Hall–Kier alpha value is -2.74. The summed E-state index contributed by atoms with van der Waals surface area (Å²) >= 11 is 0. The molecule has 1 aromatic rings. The zero-order valence-corrected chi connectivity index (χ0v) is 14.5. The monoisotopic (exact) mass is 359 g/mol. The summed E-state index contributed by atoms with van der Waals surface area (Å²) in [6, 6.07) is 4.96. The first-order chi connectivity index (χ1) is 12.4. The number of likely N-dealkylation sites (N-methyl/N-ethyl adjacent to an activating group) is 1. The minimum atomic E-state index is -0.802. The van der Waals surface area contributed by atoms with Crippen LogP contribution in [0.4, 0.5) is 5.69 Å². The van der Waals surface area contributed by atoms with Gasteiger partial charge < -0.3 is 10.0 Å². The van der Waals surface area contributed by atoms with Crippen LogP contribution in [0, 0.1) is 5.92 Å². The third-order valence-electron chi connectivity index (χ3n) is 5.01. The zero-order chi connectivity index (χ0) is 18.8. The van der Waals surface area contributed by atoms with Crippen molar-refractivity contribution in [2.45, 2.75) is 25.4 Å². The highest BCUT2D eigenvalue weighted by molar-refractivity contribution is 6.00. The Morgan fingerprint density at radius 2 is 2.12 bits per heavy atom. The third kappa shape index (κ3) is 3.60. The van der Waals surface area contributed by atoms with Crippen molar-refractivity contribution in [3.63, 3.8) is 0 Å². The van der Waals surface area contributed by atoms with E-state index in [4.69, 9.17) is 5.11 Å². The fourth-order valence-corrected chi connectivity index (χ4v) is 3.37. The number of hydrogen-bond acceptors (Lipinski definition) is 6. The number of nitrogens with zero attached hydrogens (tertiary/aromatic N) is 2. The highest BCUT2D eigenvalue weighted by atomic mass is 16.4. The summed E-state index contributed by atoms with van der Waals surface area (Å²) in [4.78, 5) is 49.4.